The summed E-state index contributed by atoms with van der Waals surface area (Å²) in [6.07, 6.45) is 2.08. The van der Waals surface area contributed by atoms with Crippen LogP contribution in [0.25, 0.3) is 0 Å². The molecule has 4 rings (SSSR count). The second-order valence-corrected chi connectivity index (χ2v) is 7.00. The first-order valence-corrected chi connectivity index (χ1v) is 9.44. The molecule has 2 aromatic rings. The molecular weight excluding hydrogens is 360 g/mol. The fourth-order valence-corrected chi connectivity index (χ4v) is 4.00. The fraction of sp³-hybridized carbons (Fsp3) is 0.381. The number of nitrogens with one attached hydrogen (secondary N) is 2. The van der Waals surface area contributed by atoms with Crippen LogP contribution >= 0.6 is 0 Å². The molecule has 28 heavy (non-hydrogen) atoms. The van der Waals surface area contributed by atoms with Gasteiger partial charge in [0.05, 0.1) is 26.3 Å². The van der Waals surface area contributed by atoms with Crippen LogP contribution in [0.1, 0.15) is 24.4 Å². The lowest BCUT2D eigenvalue weighted by Crippen LogP contribution is -3.11. The van der Waals surface area contributed by atoms with Crippen LogP contribution < -0.4 is 29.2 Å². The second-order valence-electron chi connectivity index (χ2n) is 7.00. The number of methoxy groups -OCH3 is 2. The zero-order valence-corrected chi connectivity index (χ0v) is 16.1. The Hall–Kier alpha value is -2.93. The van der Waals surface area contributed by atoms with E-state index in [2.05, 4.69) is 5.32 Å². The molecule has 1 fully saturated rings. The van der Waals surface area contributed by atoms with E-state index in [0.29, 0.717) is 23.7 Å². The van der Waals surface area contributed by atoms with Crippen molar-refractivity contribution in [3.8, 4) is 23.0 Å². The molecule has 148 valence electrons. The highest BCUT2D eigenvalue weighted by Crippen LogP contribution is 2.34. The minimum absolute atomic E-state index is 0.0253. The highest BCUT2D eigenvalue weighted by atomic mass is 16.7. The van der Waals surface area contributed by atoms with Gasteiger partial charge in [-0.15, -0.1) is 0 Å². The van der Waals surface area contributed by atoms with Gasteiger partial charge in [-0.25, -0.2) is 0 Å². The highest BCUT2D eigenvalue weighted by Gasteiger charge is 2.34. The molecule has 2 heterocycles. The maximum Gasteiger partial charge on any atom is 0.279 e. The van der Waals surface area contributed by atoms with Crippen molar-refractivity contribution in [2.24, 2.45) is 0 Å². The molecule has 2 N–H and O–H groups in total. The standard InChI is InChI=1S/C21H24N2O5/c1-25-15-6-8-18(26-2)16(11-15)17-4-3-9-23(17)12-21(24)22-14-5-7-19-20(10-14)28-13-27-19/h5-8,10-11,17H,3-4,9,12-13H2,1-2H3,(H,22,24)/p+1/t17-/m1/s1. The fourth-order valence-electron chi connectivity index (χ4n) is 4.00. The number of carbonyl (C=O) groups excluding carboxylic acids is 1. The number of hydrogen-bond acceptors (Lipinski definition) is 5. The van der Waals surface area contributed by atoms with E-state index in [9.17, 15) is 4.79 Å². The Labute approximate surface area is 164 Å². The first-order chi connectivity index (χ1) is 13.7. The van der Waals surface area contributed by atoms with Crippen LogP contribution in [-0.2, 0) is 4.79 Å². The maximum atomic E-state index is 12.7. The van der Waals surface area contributed by atoms with E-state index in [1.54, 1.807) is 20.3 Å². The van der Waals surface area contributed by atoms with Gasteiger partial charge in [-0.2, -0.15) is 0 Å². The van der Waals surface area contributed by atoms with E-state index < -0.39 is 0 Å². The summed E-state index contributed by atoms with van der Waals surface area (Å²) < 4.78 is 21.6. The van der Waals surface area contributed by atoms with Gasteiger partial charge in [-0.3, -0.25) is 4.79 Å². The Bertz CT molecular complexity index is 870. The molecule has 0 bridgehead atoms. The lowest BCUT2D eigenvalue weighted by atomic mass is 10.0. The predicted molar refractivity (Wildman–Crippen MR) is 103 cm³/mol. The third-order valence-electron chi connectivity index (χ3n) is 5.34. The molecule has 0 radical (unpaired) electrons. The van der Waals surface area contributed by atoms with Crippen molar-refractivity contribution in [2.45, 2.75) is 18.9 Å². The molecule has 0 aromatic heterocycles. The Morgan fingerprint density at radius 1 is 1.14 bits per heavy atom. The monoisotopic (exact) mass is 385 g/mol. The summed E-state index contributed by atoms with van der Waals surface area (Å²) >= 11 is 0. The van der Waals surface area contributed by atoms with Crippen LogP contribution in [0.2, 0.25) is 0 Å². The number of anilines is 1. The van der Waals surface area contributed by atoms with Gasteiger partial charge >= 0.3 is 0 Å². The van der Waals surface area contributed by atoms with Crippen molar-refractivity contribution < 1.29 is 28.6 Å². The van der Waals surface area contributed by atoms with Gasteiger partial charge in [0.2, 0.25) is 6.79 Å². The minimum Gasteiger partial charge on any atom is -0.497 e. The number of quaternary nitrogens is 1. The van der Waals surface area contributed by atoms with E-state index in [4.69, 9.17) is 18.9 Å². The Morgan fingerprint density at radius 2 is 2.00 bits per heavy atom. The number of hydrogen-bond donors (Lipinski definition) is 2. The van der Waals surface area contributed by atoms with E-state index in [-0.39, 0.29) is 18.7 Å². The lowest BCUT2D eigenvalue weighted by molar-refractivity contribution is -0.910. The second kappa shape index (κ2) is 7.98. The van der Waals surface area contributed by atoms with Crippen LogP contribution in [0.15, 0.2) is 36.4 Å². The molecule has 0 saturated carbocycles. The van der Waals surface area contributed by atoms with Crippen molar-refractivity contribution in [3.05, 3.63) is 42.0 Å². The average molecular weight is 385 g/mol. The van der Waals surface area contributed by atoms with Crippen molar-refractivity contribution in [2.75, 3.05) is 39.4 Å². The van der Waals surface area contributed by atoms with Crippen molar-refractivity contribution in [1.29, 1.82) is 0 Å². The smallest absolute Gasteiger partial charge is 0.279 e. The van der Waals surface area contributed by atoms with Crippen LogP contribution in [-0.4, -0.2) is 40.0 Å². The maximum absolute atomic E-state index is 12.7. The average Bonchev–Trinajstić information content (AvgIpc) is 3.36. The number of ether oxygens (including phenoxy) is 4. The lowest BCUT2D eigenvalue weighted by Gasteiger charge is -2.23. The number of rotatable bonds is 6. The van der Waals surface area contributed by atoms with E-state index >= 15 is 0 Å². The molecule has 7 nitrogen and oxygen atoms in total. The van der Waals surface area contributed by atoms with Gasteiger partial charge in [-0.05, 0) is 30.3 Å². The first-order valence-electron chi connectivity index (χ1n) is 9.44. The third kappa shape index (κ3) is 3.71. The number of fused-ring (bicyclic) bond motifs is 1. The molecule has 1 saturated heterocycles. The van der Waals surface area contributed by atoms with Gasteiger partial charge in [0.15, 0.2) is 18.0 Å². The van der Waals surface area contributed by atoms with Gasteiger partial charge in [-0.1, -0.05) is 0 Å². The molecule has 7 heteroatoms. The van der Waals surface area contributed by atoms with Gasteiger partial charge in [0, 0.05) is 24.6 Å². The molecule has 2 aromatic carbocycles. The SMILES string of the molecule is COc1ccc(OC)c([C@H]2CCC[NH+]2CC(=O)Nc2ccc3c(c2)OCO3)c1. The predicted octanol–water partition coefficient (Wildman–Crippen LogP) is 1.79. The van der Waals surface area contributed by atoms with Crippen molar-refractivity contribution >= 4 is 11.6 Å². The summed E-state index contributed by atoms with van der Waals surface area (Å²) in [5.41, 5.74) is 1.80. The topological polar surface area (TPSA) is 70.5 Å². The molecule has 2 aliphatic rings. The molecule has 2 atom stereocenters. The largest absolute Gasteiger partial charge is 0.497 e. The number of amides is 1. The minimum atomic E-state index is -0.0253. The summed E-state index contributed by atoms with van der Waals surface area (Å²) in [7, 11) is 3.33. The normalized spacial score (nSPS) is 20.1. The van der Waals surface area contributed by atoms with Gasteiger partial charge < -0.3 is 29.2 Å². The molecule has 1 amide bonds. The number of benzene rings is 2. The first kappa shape index (κ1) is 18.4. The molecule has 0 aliphatic carbocycles. The van der Waals surface area contributed by atoms with Crippen LogP contribution in [0.5, 0.6) is 23.0 Å². The number of carbonyl (C=O) groups is 1. The molecular formula is C21H25N2O5+. The van der Waals surface area contributed by atoms with Crippen LogP contribution in [0.4, 0.5) is 5.69 Å². The zero-order chi connectivity index (χ0) is 19.5. The van der Waals surface area contributed by atoms with Crippen LogP contribution in [0, 0.1) is 0 Å². The number of likely N-dealkylation sites (tertiary alicyclic amines) is 1. The summed E-state index contributed by atoms with van der Waals surface area (Å²) in [5, 5.41) is 2.97. The quantitative estimate of drug-likeness (QED) is 0.794. The Kier molecular flexibility index (Phi) is 5.25. The van der Waals surface area contributed by atoms with Crippen molar-refractivity contribution in [3.63, 3.8) is 0 Å². The molecule has 0 spiro atoms. The third-order valence-corrected chi connectivity index (χ3v) is 5.34. The summed E-state index contributed by atoms with van der Waals surface area (Å²) in [5.74, 6) is 2.97. The Balaban J connectivity index is 1.46. The van der Waals surface area contributed by atoms with E-state index in [1.807, 2.05) is 30.3 Å². The van der Waals surface area contributed by atoms with Crippen LogP contribution in [0.3, 0.4) is 0 Å². The zero-order valence-electron chi connectivity index (χ0n) is 16.1. The molecule has 1 unspecified atom stereocenters. The van der Waals surface area contributed by atoms with E-state index in [1.165, 1.54) is 4.90 Å². The summed E-state index contributed by atoms with van der Waals surface area (Å²) in [6.45, 7) is 1.55. The summed E-state index contributed by atoms with van der Waals surface area (Å²) in [4.78, 5) is 13.9. The van der Waals surface area contributed by atoms with Gasteiger partial charge in [0.1, 0.15) is 17.5 Å². The highest BCUT2D eigenvalue weighted by molar-refractivity contribution is 5.91. The Morgan fingerprint density at radius 3 is 2.82 bits per heavy atom. The van der Waals surface area contributed by atoms with E-state index in [0.717, 1.165) is 36.4 Å². The van der Waals surface area contributed by atoms with Crippen molar-refractivity contribution in [1.82, 2.24) is 0 Å². The summed E-state index contributed by atoms with van der Waals surface area (Å²) in [6, 6.07) is 11.5. The molecule has 2 aliphatic heterocycles. The van der Waals surface area contributed by atoms with Gasteiger partial charge in [0.25, 0.3) is 5.91 Å².